The Morgan fingerprint density at radius 2 is 1.78 bits per heavy atom. The zero-order chi connectivity index (χ0) is 27.1. The van der Waals surface area contributed by atoms with E-state index in [0.29, 0.717) is 40.3 Å². The molecule has 0 aliphatic carbocycles. The number of fused-ring (bicyclic) bond motifs is 1. The fourth-order valence-corrected chi connectivity index (χ4v) is 5.08. The van der Waals surface area contributed by atoms with E-state index in [2.05, 4.69) is 14.8 Å². The van der Waals surface area contributed by atoms with E-state index in [0.717, 1.165) is 5.69 Å². The van der Waals surface area contributed by atoms with Crippen LogP contribution in [0.4, 0.5) is 11.4 Å². The van der Waals surface area contributed by atoms with Gasteiger partial charge in [-0.25, -0.2) is 13.4 Å². The van der Waals surface area contributed by atoms with Crippen molar-refractivity contribution in [1.29, 1.82) is 0 Å². The zero-order valence-corrected chi connectivity index (χ0v) is 22.9. The van der Waals surface area contributed by atoms with Crippen LogP contribution in [0.2, 0.25) is 0 Å². The van der Waals surface area contributed by atoms with Crippen molar-refractivity contribution in [3.63, 3.8) is 0 Å². The maximum absolute atomic E-state index is 13.3. The molecule has 4 aromatic rings. The number of aromatic amines is 1. The third kappa shape index (κ3) is 5.17. The van der Waals surface area contributed by atoms with Crippen molar-refractivity contribution in [1.82, 2.24) is 19.7 Å². The molecule has 0 unspecified atom stereocenters. The molecule has 0 fully saturated rings. The summed E-state index contributed by atoms with van der Waals surface area (Å²) in [5, 5.41) is 4.53. The van der Waals surface area contributed by atoms with Gasteiger partial charge >= 0.3 is 0 Å². The summed E-state index contributed by atoms with van der Waals surface area (Å²) >= 11 is 0. The van der Waals surface area contributed by atoms with Crippen LogP contribution < -0.4 is 19.9 Å². The predicted octanol–water partition coefficient (Wildman–Crippen LogP) is 3.89. The van der Waals surface area contributed by atoms with Gasteiger partial charge in [-0.1, -0.05) is 20.8 Å². The summed E-state index contributed by atoms with van der Waals surface area (Å²) in [5.41, 5.74) is 2.47. The smallest absolute Gasteiger partial charge is 0.277 e. The van der Waals surface area contributed by atoms with Gasteiger partial charge < -0.3 is 14.6 Å². The Kier molecular flexibility index (Phi) is 6.76. The third-order valence-electron chi connectivity index (χ3n) is 5.86. The van der Waals surface area contributed by atoms with Crippen molar-refractivity contribution in [3.05, 3.63) is 58.5 Å². The third-order valence-corrected chi connectivity index (χ3v) is 7.23. The number of rotatable bonds is 7. The van der Waals surface area contributed by atoms with E-state index in [4.69, 9.17) is 9.72 Å². The molecule has 0 saturated carbocycles. The Morgan fingerprint density at radius 1 is 1.11 bits per heavy atom. The number of anilines is 2. The Bertz CT molecular complexity index is 1610. The van der Waals surface area contributed by atoms with Crippen molar-refractivity contribution >= 4 is 32.4 Å². The molecule has 2 aromatic carbocycles. The van der Waals surface area contributed by atoms with Gasteiger partial charge in [-0.15, -0.1) is 0 Å². The first-order chi connectivity index (χ1) is 17.3. The lowest BCUT2D eigenvalue weighted by molar-refractivity contribution is 0.341. The van der Waals surface area contributed by atoms with Crippen LogP contribution >= 0.6 is 0 Å². The van der Waals surface area contributed by atoms with Gasteiger partial charge in [0.1, 0.15) is 17.1 Å². The number of aromatic nitrogens is 4. The maximum atomic E-state index is 13.3. The normalized spacial score (nSPS) is 12.1. The monoisotopic (exact) mass is 524 g/mol. The molecule has 0 aliphatic heterocycles. The van der Waals surface area contributed by atoms with Gasteiger partial charge in [-0.2, -0.15) is 5.10 Å². The van der Waals surface area contributed by atoms with Crippen LogP contribution in [0.15, 0.2) is 52.2 Å². The van der Waals surface area contributed by atoms with Gasteiger partial charge in [0.15, 0.2) is 5.52 Å². The van der Waals surface area contributed by atoms with Gasteiger partial charge in [0.05, 0.1) is 22.8 Å². The maximum Gasteiger partial charge on any atom is 0.277 e. The van der Waals surface area contributed by atoms with Crippen LogP contribution in [-0.2, 0) is 22.5 Å². The van der Waals surface area contributed by atoms with Crippen LogP contribution in [0, 0.1) is 0 Å². The molecule has 2 aromatic heterocycles. The number of aryl methyl sites for hydroxylation is 1. The van der Waals surface area contributed by atoms with Crippen LogP contribution in [0.1, 0.15) is 33.4 Å². The van der Waals surface area contributed by atoms with Crippen molar-refractivity contribution < 1.29 is 13.2 Å². The standard InChI is InChI=1S/C26H32N6O4S/c1-8-36-20-14-13-18(37(34,35)30-16-9-11-17(12-10-16)31(5)6)15-19(20)24-27-21-22(25(33)28-24)32(7)29-23(21)26(2,3)4/h9-15,30H,8H2,1-7H3,(H,27,28,33). The van der Waals surface area contributed by atoms with Crippen molar-refractivity contribution in [3.8, 4) is 17.1 Å². The summed E-state index contributed by atoms with van der Waals surface area (Å²) < 4.78 is 36.4. The van der Waals surface area contributed by atoms with Gasteiger partial charge in [0.2, 0.25) is 0 Å². The molecule has 0 aliphatic rings. The van der Waals surface area contributed by atoms with Crippen molar-refractivity contribution in [2.45, 2.75) is 38.0 Å². The second-order valence-electron chi connectivity index (χ2n) is 9.97. The minimum Gasteiger partial charge on any atom is -0.493 e. The highest BCUT2D eigenvalue weighted by Gasteiger charge is 2.26. The lowest BCUT2D eigenvalue weighted by Gasteiger charge is -2.16. The fraction of sp³-hybridized carbons (Fsp3) is 0.346. The Labute approximate surface area is 216 Å². The van der Waals surface area contributed by atoms with Crippen LogP contribution in [0.25, 0.3) is 22.4 Å². The Hall–Kier alpha value is -3.86. The van der Waals surface area contributed by atoms with Crippen molar-refractivity contribution in [2.75, 3.05) is 30.3 Å². The lowest BCUT2D eigenvalue weighted by Crippen LogP contribution is -2.16. The largest absolute Gasteiger partial charge is 0.493 e. The van der Waals surface area contributed by atoms with E-state index in [9.17, 15) is 13.2 Å². The van der Waals surface area contributed by atoms with Gasteiger partial charge in [-0.3, -0.25) is 14.2 Å². The number of benzene rings is 2. The first-order valence-electron chi connectivity index (χ1n) is 11.9. The molecule has 4 rings (SSSR count). The van der Waals surface area contributed by atoms with Gasteiger partial charge in [0, 0.05) is 37.9 Å². The Balaban J connectivity index is 1.83. The van der Waals surface area contributed by atoms with Gasteiger partial charge in [-0.05, 0) is 49.4 Å². The predicted molar refractivity (Wildman–Crippen MR) is 146 cm³/mol. The van der Waals surface area contributed by atoms with E-state index in [1.165, 1.54) is 16.8 Å². The number of ether oxygens (including phenoxy) is 1. The summed E-state index contributed by atoms with van der Waals surface area (Å²) in [6, 6.07) is 11.5. The SMILES string of the molecule is CCOc1ccc(S(=O)(=O)Nc2ccc(N(C)C)cc2)cc1-c1nc2c(C(C)(C)C)nn(C)c2c(=O)[nH]1. The molecule has 0 spiro atoms. The van der Waals surface area contributed by atoms with E-state index < -0.39 is 10.0 Å². The zero-order valence-electron chi connectivity index (χ0n) is 22.1. The number of nitrogens with one attached hydrogen (secondary N) is 2. The molecule has 10 nitrogen and oxygen atoms in total. The second kappa shape index (κ2) is 9.55. The highest BCUT2D eigenvalue weighted by molar-refractivity contribution is 7.92. The lowest BCUT2D eigenvalue weighted by atomic mass is 9.91. The van der Waals surface area contributed by atoms with E-state index in [-0.39, 0.29) is 21.7 Å². The summed E-state index contributed by atoms with van der Waals surface area (Å²) in [4.78, 5) is 22.5. The minimum atomic E-state index is -3.94. The molecular formula is C26H32N6O4S. The second-order valence-corrected chi connectivity index (χ2v) is 11.7. The summed E-state index contributed by atoms with van der Waals surface area (Å²) in [5.74, 6) is 0.604. The van der Waals surface area contributed by atoms with Crippen LogP contribution in [0.5, 0.6) is 5.75 Å². The first kappa shape index (κ1) is 26.2. The fourth-order valence-electron chi connectivity index (χ4n) is 4.00. The minimum absolute atomic E-state index is 0.00705. The van der Waals surface area contributed by atoms with Crippen LogP contribution in [0.3, 0.4) is 0 Å². The number of nitrogens with zero attached hydrogens (tertiary/aromatic N) is 4. The number of sulfonamides is 1. The highest BCUT2D eigenvalue weighted by Crippen LogP contribution is 2.33. The summed E-state index contributed by atoms with van der Waals surface area (Å²) in [7, 11) is 1.57. The van der Waals surface area contributed by atoms with E-state index in [1.54, 1.807) is 25.2 Å². The van der Waals surface area contributed by atoms with Crippen molar-refractivity contribution in [2.24, 2.45) is 7.05 Å². The molecular weight excluding hydrogens is 492 g/mol. The summed E-state index contributed by atoms with van der Waals surface area (Å²) in [6.07, 6.45) is 0. The highest BCUT2D eigenvalue weighted by atomic mass is 32.2. The molecule has 0 amide bonds. The van der Waals surface area contributed by atoms with E-state index >= 15 is 0 Å². The van der Waals surface area contributed by atoms with E-state index in [1.807, 2.05) is 58.8 Å². The number of hydrogen-bond donors (Lipinski definition) is 2. The molecule has 0 saturated heterocycles. The molecule has 2 N–H and O–H groups in total. The summed E-state index contributed by atoms with van der Waals surface area (Å²) in [6.45, 7) is 8.15. The number of H-pyrrole nitrogens is 1. The molecule has 0 atom stereocenters. The van der Waals surface area contributed by atoms with Gasteiger partial charge in [0.25, 0.3) is 15.6 Å². The quantitative estimate of drug-likeness (QED) is 0.376. The molecule has 11 heteroatoms. The first-order valence-corrected chi connectivity index (χ1v) is 13.3. The molecule has 37 heavy (non-hydrogen) atoms. The molecule has 0 bridgehead atoms. The molecule has 0 radical (unpaired) electrons. The van der Waals surface area contributed by atoms with Crippen LogP contribution in [-0.4, -0.2) is 48.9 Å². The topological polar surface area (TPSA) is 122 Å². The average Bonchev–Trinajstić information content (AvgIpc) is 3.17. The average molecular weight is 525 g/mol. The number of hydrogen-bond acceptors (Lipinski definition) is 7. The Morgan fingerprint density at radius 3 is 2.38 bits per heavy atom. The molecule has 2 heterocycles. The molecule has 196 valence electrons.